The molecule has 0 aromatic carbocycles. The summed E-state index contributed by atoms with van der Waals surface area (Å²) in [5.41, 5.74) is -4.67. The lowest BCUT2D eigenvalue weighted by Gasteiger charge is -2.29. The van der Waals surface area contributed by atoms with Gasteiger partial charge in [-0.2, -0.15) is 96.6 Å². The van der Waals surface area contributed by atoms with Crippen molar-refractivity contribution in [2.24, 2.45) is 5.92 Å². The van der Waals surface area contributed by atoms with E-state index < -0.39 is 85.3 Å². The predicted octanol–water partition coefficient (Wildman–Crippen LogP) is 10.8. The first kappa shape index (κ1) is 54.0. The van der Waals surface area contributed by atoms with Gasteiger partial charge in [-0.3, -0.25) is 0 Å². The van der Waals surface area contributed by atoms with E-state index in [1.807, 2.05) is 0 Å². The van der Waals surface area contributed by atoms with Gasteiger partial charge in [0.15, 0.2) is 0 Å². The third kappa shape index (κ3) is 14.8. The molecule has 27 heteroatoms. The lowest BCUT2D eigenvalue weighted by atomic mass is 10.1. The van der Waals surface area contributed by atoms with Crippen LogP contribution >= 0.6 is 0 Å². The zero-order valence-electron chi connectivity index (χ0n) is 25.8. The van der Waals surface area contributed by atoms with E-state index in [1.54, 1.807) is 0 Å². The number of rotatable bonds is 12. The topological polar surface area (TPSA) is 36.9 Å². The van der Waals surface area contributed by atoms with Gasteiger partial charge in [-0.25, -0.2) is 4.39 Å². The van der Waals surface area contributed by atoms with Crippen molar-refractivity contribution in [2.45, 2.75) is 108 Å². The van der Waals surface area contributed by atoms with E-state index in [2.05, 4.69) is 18.9 Å². The minimum absolute atomic E-state index is 0.222. The highest BCUT2D eigenvalue weighted by Crippen LogP contribution is 2.47. The molecule has 2 unspecified atom stereocenters. The molecular formula is C22H29F23O4. The fourth-order valence-electron chi connectivity index (χ4n) is 1.78. The number of hydrogen-bond donors (Lipinski definition) is 0. The molecule has 0 rings (SSSR count). The van der Waals surface area contributed by atoms with Crippen LogP contribution in [0.3, 0.4) is 0 Å². The first-order valence-corrected chi connectivity index (χ1v) is 12.1. The number of hydrogen-bond acceptors (Lipinski definition) is 4. The molecule has 0 amide bonds. The lowest BCUT2D eigenvalue weighted by Crippen LogP contribution is -2.53. The molecule has 0 spiro atoms. The molecule has 0 radical (unpaired) electrons. The average Bonchev–Trinajstić information content (AvgIpc) is 2.86. The highest BCUT2D eigenvalue weighted by atomic mass is 19.4. The minimum atomic E-state index is -5.66. The van der Waals surface area contributed by atoms with E-state index in [0.717, 1.165) is 6.92 Å². The van der Waals surface area contributed by atoms with E-state index in [4.69, 9.17) is 0 Å². The van der Waals surface area contributed by atoms with Crippen molar-refractivity contribution in [2.75, 3.05) is 27.4 Å². The van der Waals surface area contributed by atoms with E-state index in [1.165, 1.54) is 6.92 Å². The van der Waals surface area contributed by atoms with Crippen LogP contribution in [0.1, 0.15) is 41.5 Å². The number of alkyl halides is 23. The van der Waals surface area contributed by atoms with Gasteiger partial charge in [0.2, 0.25) is 0 Å². The van der Waals surface area contributed by atoms with Gasteiger partial charge in [-0.1, -0.05) is 0 Å². The second kappa shape index (κ2) is 17.6. The Morgan fingerprint density at radius 1 is 0.449 bits per heavy atom. The number of halogens is 23. The molecule has 0 aromatic rings. The third-order valence-corrected chi connectivity index (χ3v) is 5.08. The maximum absolute atomic E-state index is 12.4. The first-order valence-electron chi connectivity index (χ1n) is 12.1. The van der Waals surface area contributed by atoms with Crippen molar-refractivity contribution in [3.63, 3.8) is 0 Å². The molecule has 0 saturated carbocycles. The first-order chi connectivity index (χ1) is 20.9. The van der Waals surface area contributed by atoms with Crippen LogP contribution in [-0.2, 0) is 18.9 Å². The molecule has 2 atom stereocenters. The summed E-state index contributed by atoms with van der Waals surface area (Å²) in [5.74, 6) is -23.4. The molecule has 0 aliphatic rings. The summed E-state index contributed by atoms with van der Waals surface area (Å²) >= 11 is 0. The highest BCUT2D eigenvalue weighted by Gasteiger charge is 2.72. The summed E-state index contributed by atoms with van der Waals surface area (Å²) in [6.07, 6.45) is -29.9. The van der Waals surface area contributed by atoms with Crippen LogP contribution < -0.4 is 0 Å². The van der Waals surface area contributed by atoms with Gasteiger partial charge >= 0.3 is 60.5 Å². The maximum atomic E-state index is 12.4. The van der Waals surface area contributed by atoms with Crippen molar-refractivity contribution in [3.8, 4) is 0 Å². The zero-order valence-corrected chi connectivity index (χ0v) is 25.8. The highest BCUT2D eigenvalue weighted by molar-refractivity contribution is 4.90. The molecule has 4 nitrogen and oxygen atoms in total. The van der Waals surface area contributed by atoms with Gasteiger partial charge in [0, 0.05) is 28.1 Å². The van der Waals surface area contributed by atoms with Crippen LogP contribution in [-0.4, -0.2) is 93.6 Å². The van der Waals surface area contributed by atoms with Crippen LogP contribution in [0, 0.1) is 5.92 Å². The van der Waals surface area contributed by atoms with Gasteiger partial charge in [0.1, 0.15) is 5.92 Å². The van der Waals surface area contributed by atoms with Crippen LogP contribution in [0.2, 0.25) is 0 Å². The van der Waals surface area contributed by atoms with Crippen LogP contribution in [0.4, 0.5) is 101 Å². The average molecular weight is 794 g/mol. The Hall–Kier alpha value is -1.77. The summed E-state index contributed by atoms with van der Waals surface area (Å²) < 4.78 is 289. The largest absolute Gasteiger partial charge is 0.430 e. The van der Waals surface area contributed by atoms with Gasteiger partial charge in [0.05, 0.1) is 13.2 Å². The molecule has 0 fully saturated rings. The maximum Gasteiger partial charge on any atom is 0.430 e. The second-order valence-electron chi connectivity index (χ2n) is 9.08. The van der Waals surface area contributed by atoms with Crippen molar-refractivity contribution >= 4 is 0 Å². The molecule has 0 N–H and O–H groups in total. The van der Waals surface area contributed by atoms with E-state index >= 15 is 0 Å². The summed E-state index contributed by atoms with van der Waals surface area (Å²) in [7, 11) is 0.517. The van der Waals surface area contributed by atoms with E-state index in [0.29, 0.717) is 14.0 Å². The Labute approximate surface area is 262 Å². The van der Waals surface area contributed by atoms with Gasteiger partial charge in [0.25, 0.3) is 5.67 Å². The normalized spacial score (nSPS) is 16.2. The van der Waals surface area contributed by atoms with Gasteiger partial charge in [-0.05, 0) is 27.7 Å². The summed E-state index contributed by atoms with van der Waals surface area (Å²) in [5, 5.41) is 0. The van der Waals surface area contributed by atoms with Gasteiger partial charge in [-0.15, -0.1) is 0 Å². The van der Waals surface area contributed by atoms with Crippen molar-refractivity contribution < 1.29 is 120 Å². The molecule has 0 heterocycles. The fraction of sp³-hybridized carbons (Fsp3) is 1.00. The second-order valence-corrected chi connectivity index (χ2v) is 9.08. The van der Waals surface area contributed by atoms with Crippen LogP contribution in [0.5, 0.6) is 0 Å². The molecule has 0 bridgehead atoms. The Morgan fingerprint density at radius 3 is 0.898 bits per heavy atom. The predicted molar refractivity (Wildman–Crippen MR) is 119 cm³/mol. The molecule has 0 aliphatic heterocycles. The summed E-state index contributed by atoms with van der Waals surface area (Å²) in [6.45, 7) is 0.479. The smallest absolute Gasteiger partial charge is 0.321 e. The summed E-state index contributed by atoms with van der Waals surface area (Å²) in [6, 6.07) is 0. The molecule has 0 aliphatic carbocycles. The Kier molecular flexibility index (Phi) is 19.4. The fourth-order valence-corrected chi connectivity index (χ4v) is 1.78. The van der Waals surface area contributed by atoms with Crippen LogP contribution in [0.25, 0.3) is 0 Å². The van der Waals surface area contributed by atoms with Gasteiger partial charge < -0.3 is 18.9 Å². The standard InChI is InChI=1S/C6H8F6O.C6H9F5O.2C5H6F6O/c1-3-13-6(11,12)5(9,10)4(2,7)8;1-3-12-6(10,11)4(2)5(7,8)9;1-3(6,7)4(8,9)5(10,11)12-2;1-3(6,4(7,8)9)5(10,11)12-2/h3H2,1-2H3;4H,3H2,1-2H3;2*1-2H3. The molecule has 49 heavy (non-hydrogen) atoms. The monoisotopic (exact) mass is 794 g/mol. The Balaban J connectivity index is -0.000000276. The Bertz CT molecular complexity index is 895. The third-order valence-electron chi connectivity index (χ3n) is 5.08. The summed E-state index contributed by atoms with van der Waals surface area (Å²) in [4.78, 5) is 0. The Morgan fingerprint density at radius 2 is 0.735 bits per heavy atom. The van der Waals surface area contributed by atoms with Crippen molar-refractivity contribution in [3.05, 3.63) is 0 Å². The zero-order chi connectivity index (χ0) is 41.3. The number of methoxy groups -OCH3 is 2. The molecule has 0 saturated heterocycles. The molecule has 302 valence electrons. The molecular weight excluding hydrogens is 765 g/mol. The lowest BCUT2D eigenvalue weighted by molar-refractivity contribution is -0.393. The van der Waals surface area contributed by atoms with Crippen LogP contribution in [0.15, 0.2) is 0 Å². The van der Waals surface area contributed by atoms with Crippen molar-refractivity contribution in [1.29, 1.82) is 0 Å². The van der Waals surface area contributed by atoms with E-state index in [9.17, 15) is 101 Å². The quantitative estimate of drug-likeness (QED) is 0.184. The molecule has 0 aromatic heterocycles. The van der Waals surface area contributed by atoms with E-state index in [-0.39, 0.29) is 27.9 Å². The minimum Gasteiger partial charge on any atom is -0.321 e. The van der Waals surface area contributed by atoms with Crippen molar-refractivity contribution in [1.82, 2.24) is 0 Å². The number of ether oxygens (including phenoxy) is 4. The SMILES string of the molecule is CCOC(F)(F)C(C)C(F)(F)F.CCOC(F)(F)C(F)(F)C(C)(F)F.COC(F)(F)C(C)(F)C(F)(F)F.COC(F)(F)C(F)(F)C(C)(F)F.